The number of aromatic nitrogens is 2. The van der Waals surface area contributed by atoms with Crippen LogP contribution in [0.3, 0.4) is 0 Å². The van der Waals surface area contributed by atoms with E-state index >= 15 is 0 Å². The Labute approximate surface area is 129 Å². The molecule has 1 aromatic carbocycles. The Morgan fingerprint density at radius 1 is 1.32 bits per heavy atom. The molecule has 1 heterocycles. The van der Waals surface area contributed by atoms with Gasteiger partial charge in [-0.1, -0.05) is 11.6 Å². The van der Waals surface area contributed by atoms with Gasteiger partial charge in [-0.25, -0.2) is 4.68 Å². The molecule has 1 fully saturated rings. The molecule has 0 spiro atoms. The zero-order chi connectivity index (χ0) is 13.4. The number of rotatable bonds is 3. The molecule has 0 saturated heterocycles. The molecule has 3 nitrogen and oxygen atoms in total. The smallest absolute Gasteiger partial charge is 0.267 e. The van der Waals surface area contributed by atoms with Crippen molar-refractivity contribution in [2.24, 2.45) is 0 Å². The van der Waals surface area contributed by atoms with Gasteiger partial charge in [0.1, 0.15) is 0 Å². The summed E-state index contributed by atoms with van der Waals surface area (Å²) >= 11 is 8.25. The summed E-state index contributed by atoms with van der Waals surface area (Å²) in [7, 11) is 0. The van der Waals surface area contributed by atoms with Crippen molar-refractivity contribution in [2.45, 2.75) is 25.3 Å². The maximum atomic E-state index is 11.9. The van der Waals surface area contributed by atoms with Gasteiger partial charge in [0.15, 0.2) is 0 Å². The molecule has 0 radical (unpaired) electrons. The van der Waals surface area contributed by atoms with E-state index < -0.39 is 0 Å². The highest BCUT2D eigenvalue weighted by molar-refractivity contribution is 14.1. The third kappa shape index (κ3) is 3.00. The zero-order valence-corrected chi connectivity index (χ0v) is 13.1. The van der Waals surface area contributed by atoms with Gasteiger partial charge in [0.05, 0.1) is 12.2 Å². The molecule has 3 rings (SSSR count). The lowest BCUT2D eigenvalue weighted by molar-refractivity contribution is 0.618. The predicted molar refractivity (Wildman–Crippen MR) is 83.7 cm³/mol. The first-order valence-corrected chi connectivity index (χ1v) is 7.61. The van der Waals surface area contributed by atoms with E-state index in [2.05, 4.69) is 27.7 Å². The molecule has 1 saturated carbocycles. The average Bonchev–Trinajstić information content (AvgIpc) is 3.21. The van der Waals surface area contributed by atoms with Gasteiger partial charge < -0.3 is 0 Å². The van der Waals surface area contributed by atoms with E-state index in [-0.39, 0.29) is 5.56 Å². The lowest BCUT2D eigenvalue weighted by Gasteiger charge is -2.08. The van der Waals surface area contributed by atoms with Crippen LogP contribution in [0.1, 0.15) is 30.0 Å². The first kappa shape index (κ1) is 13.1. The Morgan fingerprint density at radius 2 is 2.11 bits per heavy atom. The van der Waals surface area contributed by atoms with Crippen LogP contribution in [0.2, 0.25) is 5.02 Å². The normalized spacial score (nSPS) is 14.6. The summed E-state index contributed by atoms with van der Waals surface area (Å²) in [5.74, 6) is 0.547. The number of hydrogen-bond acceptors (Lipinski definition) is 2. The Balaban J connectivity index is 1.95. The van der Waals surface area contributed by atoms with Crippen LogP contribution in [0.4, 0.5) is 0 Å². The quantitative estimate of drug-likeness (QED) is 0.758. The van der Waals surface area contributed by atoms with Crippen molar-refractivity contribution >= 4 is 34.2 Å². The van der Waals surface area contributed by atoms with E-state index in [0.717, 1.165) is 14.8 Å². The van der Waals surface area contributed by atoms with Crippen LogP contribution in [0.15, 0.2) is 35.1 Å². The van der Waals surface area contributed by atoms with Crippen molar-refractivity contribution < 1.29 is 0 Å². The van der Waals surface area contributed by atoms with Gasteiger partial charge in [-0.15, -0.1) is 0 Å². The van der Waals surface area contributed by atoms with Gasteiger partial charge in [-0.05, 0) is 65.3 Å². The fraction of sp³-hybridized carbons (Fsp3) is 0.286. The zero-order valence-electron chi connectivity index (χ0n) is 10.1. The molecule has 1 aliphatic rings. The lowest BCUT2D eigenvalue weighted by atomic mass is 10.2. The average molecular weight is 387 g/mol. The summed E-state index contributed by atoms with van der Waals surface area (Å²) < 4.78 is 2.62. The first-order valence-electron chi connectivity index (χ1n) is 6.15. The van der Waals surface area contributed by atoms with Crippen LogP contribution in [-0.2, 0) is 6.54 Å². The first-order chi connectivity index (χ1) is 9.13. The topological polar surface area (TPSA) is 34.9 Å². The van der Waals surface area contributed by atoms with E-state index in [4.69, 9.17) is 11.6 Å². The second-order valence-electron chi connectivity index (χ2n) is 4.76. The lowest BCUT2D eigenvalue weighted by Crippen LogP contribution is -2.23. The van der Waals surface area contributed by atoms with Crippen molar-refractivity contribution in [1.82, 2.24) is 9.78 Å². The van der Waals surface area contributed by atoms with E-state index in [0.29, 0.717) is 17.5 Å². The molecular weight excluding hydrogens is 375 g/mol. The molecular formula is C14H12ClIN2O. The SMILES string of the molecule is O=c1ccc(C2CC2)nn1Cc1cc(Cl)ccc1I. The summed E-state index contributed by atoms with van der Waals surface area (Å²) in [5, 5.41) is 5.14. The molecule has 19 heavy (non-hydrogen) atoms. The van der Waals surface area contributed by atoms with Crippen LogP contribution < -0.4 is 5.56 Å². The van der Waals surface area contributed by atoms with Gasteiger partial charge in [-0.2, -0.15) is 5.10 Å². The van der Waals surface area contributed by atoms with Crippen molar-refractivity contribution in [3.05, 3.63) is 60.5 Å². The van der Waals surface area contributed by atoms with E-state index in [9.17, 15) is 4.79 Å². The van der Waals surface area contributed by atoms with Crippen LogP contribution in [-0.4, -0.2) is 9.78 Å². The molecule has 0 amide bonds. The summed E-state index contributed by atoms with van der Waals surface area (Å²) in [5.41, 5.74) is 1.98. The number of halogens is 2. The molecule has 0 aliphatic heterocycles. The van der Waals surface area contributed by atoms with Crippen LogP contribution in [0.5, 0.6) is 0 Å². The summed E-state index contributed by atoms with van der Waals surface area (Å²) in [4.78, 5) is 11.9. The minimum Gasteiger partial charge on any atom is -0.268 e. The summed E-state index contributed by atoms with van der Waals surface area (Å²) in [6, 6.07) is 9.15. The van der Waals surface area contributed by atoms with Crippen molar-refractivity contribution in [1.29, 1.82) is 0 Å². The van der Waals surface area contributed by atoms with E-state index in [1.807, 2.05) is 24.3 Å². The summed E-state index contributed by atoms with van der Waals surface area (Å²) in [6.45, 7) is 0.470. The van der Waals surface area contributed by atoms with Crippen molar-refractivity contribution in [2.75, 3.05) is 0 Å². The highest BCUT2D eigenvalue weighted by Gasteiger charge is 2.25. The van der Waals surface area contributed by atoms with Gasteiger partial charge in [0, 0.05) is 20.6 Å². The molecule has 98 valence electrons. The largest absolute Gasteiger partial charge is 0.268 e. The second-order valence-corrected chi connectivity index (χ2v) is 6.36. The van der Waals surface area contributed by atoms with Crippen LogP contribution >= 0.6 is 34.2 Å². The molecule has 0 atom stereocenters. The molecule has 1 aliphatic carbocycles. The molecule has 0 N–H and O–H groups in total. The number of hydrogen-bond donors (Lipinski definition) is 0. The third-order valence-corrected chi connectivity index (χ3v) is 4.50. The monoisotopic (exact) mass is 386 g/mol. The van der Waals surface area contributed by atoms with Crippen LogP contribution in [0, 0.1) is 3.57 Å². The molecule has 2 aromatic rings. The Bertz CT molecular complexity index is 679. The minimum atomic E-state index is -0.0693. The third-order valence-electron chi connectivity index (χ3n) is 3.21. The fourth-order valence-corrected chi connectivity index (χ4v) is 2.70. The minimum absolute atomic E-state index is 0.0693. The van der Waals surface area contributed by atoms with Gasteiger partial charge in [-0.3, -0.25) is 4.79 Å². The van der Waals surface area contributed by atoms with E-state index in [1.165, 1.54) is 17.5 Å². The van der Waals surface area contributed by atoms with Crippen molar-refractivity contribution in [3.8, 4) is 0 Å². The second kappa shape index (κ2) is 5.25. The van der Waals surface area contributed by atoms with E-state index in [1.54, 1.807) is 6.07 Å². The highest BCUT2D eigenvalue weighted by atomic mass is 127. The fourth-order valence-electron chi connectivity index (χ4n) is 2.00. The van der Waals surface area contributed by atoms with Crippen LogP contribution in [0.25, 0.3) is 0 Å². The maximum absolute atomic E-state index is 11.9. The Morgan fingerprint density at radius 3 is 2.84 bits per heavy atom. The van der Waals surface area contributed by atoms with Gasteiger partial charge in [0.2, 0.25) is 0 Å². The number of benzene rings is 1. The number of nitrogens with zero attached hydrogens (tertiary/aromatic N) is 2. The molecule has 1 aromatic heterocycles. The Kier molecular flexibility index (Phi) is 3.62. The van der Waals surface area contributed by atoms with Gasteiger partial charge in [0.25, 0.3) is 5.56 Å². The maximum Gasteiger partial charge on any atom is 0.267 e. The van der Waals surface area contributed by atoms with Crippen molar-refractivity contribution in [3.63, 3.8) is 0 Å². The van der Waals surface area contributed by atoms with Gasteiger partial charge >= 0.3 is 0 Å². The Hall–Kier alpha value is -0.880. The standard InChI is InChI=1S/C14H12ClIN2O/c15-11-3-4-12(16)10(7-11)8-18-14(19)6-5-13(17-18)9-1-2-9/h3-7,9H,1-2,8H2. The predicted octanol–water partition coefficient (Wildman–Crippen LogP) is 3.43. The molecule has 5 heteroatoms. The molecule has 0 unspecified atom stereocenters. The summed E-state index contributed by atoms with van der Waals surface area (Å²) in [6.07, 6.45) is 2.36. The highest BCUT2D eigenvalue weighted by Crippen LogP contribution is 2.38. The molecule has 0 bridgehead atoms.